The molecule has 0 aliphatic rings. The monoisotopic (exact) mass is 191 g/mol. The molecular formula is C10H13N3O. The summed E-state index contributed by atoms with van der Waals surface area (Å²) in [5, 5.41) is 20.7. The fourth-order valence-corrected chi connectivity index (χ4v) is 1.09. The molecule has 0 aliphatic carbocycles. The van der Waals surface area contributed by atoms with Gasteiger partial charge in [-0.25, -0.2) is 0 Å². The largest absolute Gasteiger partial charge is 0.399 e. The van der Waals surface area contributed by atoms with Crippen LogP contribution in [0.4, 0.5) is 11.4 Å². The number of nitrogen functional groups attached to an aromatic ring is 1. The predicted octanol–water partition coefficient (Wildman–Crippen LogP) is 0.933. The standard InChI is InChI=1S/C10H13N3O/c1-7(6-14)13-10-3-2-9(12)4-8(10)5-11/h2-4,7,13-14H,6,12H2,1H3. The summed E-state index contributed by atoms with van der Waals surface area (Å²) in [6.45, 7) is 1.85. The Morgan fingerprint density at radius 2 is 2.36 bits per heavy atom. The van der Waals surface area contributed by atoms with Gasteiger partial charge in [0.2, 0.25) is 0 Å². The molecule has 1 rings (SSSR count). The lowest BCUT2D eigenvalue weighted by molar-refractivity contribution is 0.281. The van der Waals surface area contributed by atoms with Crippen LogP contribution in [0.1, 0.15) is 12.5 Å². The van der Waals surface area contributed by atoms with Crippen molar-refractivity contribution in [3.8, 4) is 6.07 Å². The van der Waals surface area contributed by atoms with E-state index in [0.717, 1.165) is 0 Å². The van der Waals surface area contributed by atoms with Crippen molar-refractivity contribution in [2.45, 2.75) is 13.0 Å². The van der Waals surface area contributed by atoms with Crippen LogP contribution >= 0.6 is 0 Å². The lowest BCUT2D eigenvalue weighted by Crippen LogP contribution is -2.19. The lowest BCUT2D eigenvalue weighted by Gasteiger charge is -2.13. The van der Waals surface area contributed by atoms with E-state index in [2.05, 4.69) is 5.32 Å². The minimum Gasteiger partial charge on any atom is -0.399 e. The van der Waals surface area contributed by atoms with Crippen molar-refractivity contribution >= 4 is 11.4 Å². The van der Waals surface area contributed by atoms with Crippen LogP contribution in [-0.2, 0) is 0 Å². The lowest BCUT2D eigenvalue weighted by atomic mass is 10.1. The van der Waals surface area contributed by atoms with Crippen LogP contribution in [0, 0.1) is 11.3 Å². The molecule has 4 heteroatoms. The van der Waals surface area contributed by atoms with E-state index < -0.39 is 0 Å². The first-order chi connectivity index (χ1) is 6.67. The number of benzene rings is 1. The molecule has 0 spiro atoms. The Bertz CT molecular complexity index is 357. The first kappa shape index (κ1) is 10.4. The molecule has 0 bridgehead atoms. The summed E-state index contributed by atoms with van der Waals surface area (Å²) < 4.78 is 0. The molecular weight excluding hydrogens is 178 g/mol. The fraction of sp³-hybridized carbons (Fsp3) is 0.300. The van der Waals surface area contributed by atoms with Crippen molar-refractivity contribution in [2.75, 3.05) is 17.7 Å². The van der Waals surface area contributed by atoms with E-state index in [1.807, 2.05) is 13.0 Å². The van der Waals surface area contributed by atoms with E-state index in [0.29, 0.717) is 16.9 Å². The first-order valence-electron chi connectivity index (χ1n) is 4.34. The minimum absolute atomic E-state index is 0.0231. The number of nitrogens with two attached hydrogens (primary N) is 1. The zero-order valence-corrected chi connectivity index (χ0v) is 7.99. The van der Waals surface area contributed by atoms with Gasteiger partial charge >= 0.3 is 0 Å². The van der Waals surface area contributed by atoms with Crippen molar-refractivity contribution < 1.29 is 5.11 Å². The number of hydrogen-bond acceptors (Lipinski definition) is 4. The normalized spacial score (nSPS) is 11.8. The van der Waals surface area contributed by atoms with Gasteiger partial charge in [0.15, 0.2) is 0 Å². The van der Waals surface area contributed by atoms with Gasteiger partial charge in [-0.3, -0.25) is 0 Å². The molecule has 0 heterocycles. The molecule has 0 radical (unpaired) electrons. The Labute approximate surface area is 83.0 Å². The Hall–Kier alpha value is -1.73. The molecule has 0 aliphatic heterocycles. The molecule has 0 saturated carbocycles. The van der Waals surface area contributed by atoms with Crippen LogP contribution in [0.5, 0.6) is 0 Å². The van der Waals surface area contributed by atoms with Crippen molar-refractivity contribution in [3.63, 3.8) is 0 Å². The second-order valence-corrected chi connectivity index (χ2v) is 3.14. The number of aliphatic hydroxyl groups excluding tert-OH is 1. The Kier molecular flexibility index (Phi) is 3.32. The Morgan fingerprint density at radius 1 is 1.64 bits per heavy atom. The van der Waals surface area contributed by atoms with Gasteiger partial charge in [-0.15, -0.1) is 0 Å². The second kappa shape index (κ2) is 4.49. The Balaban J connectivity index is 2.92. The maximum atomic E-state index is 8.84. The van der Waals surface area contributed by atoms with Crippen molar-refractivity contribution in [3.05, 3.63) is 23.8 Å². The molecule has 1 aromatic rings. The topological polar surface area (TPSA) is 82.1 Å². The van der Waals surface area contributed by atoms with Crippen LogP contribution in [0.15, 0.2) is 18.2 Å². The molecule has 4 N–H and O–H groups in total. The van der Waals surface area contributed by atoms with E-state index in [9.17, 15) is 0 Å². The third-order valence-corrected chi connectivity index (χ3v) is 1.84. The number of anilines is 2. The van der Waals surface area contributed by atoms with Crippen LogP contribution in [0.3, 0.4) is 0 Å². The maximum absolute atomic E-state index is 8.84. The summed E-state index contributed by atoms with van der Waals surface area (Å²) in [6, 6.07) is 7.02. The SMILES string of the molecule is CC(CO)Nc1ccc(N)cc1C#N. The highest BCUT2D eigenvalue weighted by atomic mass is 16.3. The third kappa shape index (κ3) is 2.38. The second-order valence-electron chi connectivity index (χ2n) is 3.14. The maximum Gasteiger partial charge on any atom is 0.101 e. The van der Waals surface area contributed by atoms with Crippen LogP contribution in [-0.4, -0.2) is 17.8 Å². The van der Waals surface area contributed by atoms with Gasteiger partial charge in [0.25, 0.3) is 0 Å². The predicted molar refractivity (Wildman–Crippen MR) is 55.7 cm³/mol. The van der Waals surface area contributed by atoms with Gasteiger partial charge in [0.1, 0.15) is 6.07 Å². The summed E-state index contributed by atoms with van der Waals surface area (Å²) in [5.74, 6) is 0. The number of nitrogens with one attached hydrogen (secondary N) is 1. The Morgan fingerprint density at radius 3 is 2.93 bits per heavy atom. The summed E-state index contributed by atoms with van der Waals surface area (Å²) in [4.78, 5) is 0. The number of nitriles is 1. The average Bonchev–Trinajstić information content (AvgIpc) is 2.20. The fourth-order valence-electron chi connectivity index (χ4n) is 1.09. The van der Waals surface area contributed by atoms with Crippen molar-refractivity contribution in [1.82, 2.24) is 0 Å². The molecule has 0 aromatic heterocycles. The zero-order chi connectivity index (χ0) is 10.6. The quantitative estimate of drug-likeness (QED) is 0.621. The first-order valence-corrected chi connectivity index (χ1v) is 4.34. The average molecular weight is 191 g/mol. The summed E-state index contributed by atoms with van der Waals surface area (Å²) in [5.41, 5.74) is 7.29. The third-order valence-electron chi connectivity index (χ3n) is 1.84. The van der Waals surface area contributed by atoms with E-state index in [-0.39, 0.29) is 12.6 Å². The summed E-state index contributed by atoms with van der Waals surface area (Å²) in [6.07, 6.45) is 0. The van der Waals surface area contributed by atoms with Gasteiger partial charge in [0.05, 0.1) is 17.9 Å². The van der Waals surface area contributed by atoms with Gasteiger partial charge < -0.3 is 16.2 Å². The molecule has 0 fully saturated rings. The number of aliphatic hydroxyl groups is 1. The zero-order valence-electron chi connectivity index (χ0n) is 7.99. The van der Waals surface area contributed by atoms with Gasteiger partial charge in [-0.2, -0.15) is 5.26 Å². The van der Waals surface area contributed by atoms with Crippen LogP contribution < -0.4 is 11.1 Å². The summed E-state index contributed by atoms with van der Waals surface area (Å²) in [7, 11) is 0. The molecule has 4 nitrogen and oxygen atoms in total. The van der Waals surface area contributed by atoms with Crippen molar-refractivity contribution in [1.29, 1.82) is 5.26 Å². The van der Waals surface area contributed by atoms with Gasteiger partial charge in [-0.05, 0) is 25.1 Å². The van der Waals surface area contributed by atoms with E-state index in [1.54, 1.807) is 18.2 Å². The van der Waals surface area contributed by atoms with Crippen LogP contribution in [0.2, 0.25) is 0 Å². The number of nitrogens with zero attached hydrogens (tertiary/aromatic N) is 1. The van der Waals surface area contributed by atoms with E-state index >= 15 is 0 Å². The molecule has 1 atom stereocenters. The molecule has 14 heavy (non-hydrogen) atoms. The van der Waals surface area contributed by atoms with Crippen molar-refractivity contribution in [2.24, 2.45) is 0 Å². The van der Waals surface area contributed by atoms with Crippen LogP contribution in [0.25, 0.3) is 0 Å². The highest BCUT2D eigenvalue weighted by molar-refractivity contribution is 5.63. The molecule has 1 aromatic carbocycles. The number of hydrogen-bond donors (Lipinski definition) is 3. The van der Waals surface area contributed by atoms with Gasteiger partial charge in [0, 0.05) is 11.7 Å². The molecule has 1 unspecified atom stereocenters. The van der Waals surface area contributed by atoms with E-state index in [4.69, 9.17) is 16.1 Å². The molecule has 0 saturated heterocycles. The highest BCUT2D eigenvalue weighted by Gasteiger charge is 2.05. The minimum atomic E-state index is -0.0780. The highest BCUT2D eigenvalue weighted by Crippen LogP contribution is 2.18. The van der Waals surface area contributed by atoms with Gasteiger partial charge in [-0.1, -0.05) is 0 Å². The molecule has 0 amide bonds. The number of rotatable bonds is 3. The van der Waals surface area contributed by atoms with E-state index in [1.165, 1.54) is 0 Å². The summed E-state index contributed by atoms with van der Waals surface area (Å²) >= 11 is 0. The smallest absolute Gasteiger partial charge is 0.101 e. The molecule has 74 valence electrons.